The fourth-order valence-corrected chi connectivity index (χ4v) is 2.91. The van der Waals surface area contributed by atoms with Crippen LogP contribution in [-0.2, 0) is 4.79 Å². The Morgan fingerprint density at radius 1 is 1.25 bits per heavy atom. The van der Waals surface area contributed by atoms with E-state index in [1.807, 2.05) is 13.0 Å². The highest BCUT2D eigenvalue weighted by molar-refractivity contribution is 6.06. The van der Waals surface area contributed by atoms with E-state index < -0.39 is 24.1 Å². The zero-order chi connectivity index (χ0) is 17.3. The SMILES string of the molecule is CCN=C1NC2C(C(=O)NC(=O)N2C)N1CC(=O)c1ccccc1. The van der Waals surface area contributed by atoms with Gasteiger partial charge in [-0.1, -0.05) is 30.3 Å². The number of benzene rings is 1. The molecular weight excluding hydrogens is 310 g/mol. The van der Waals surface area contributed by atoms with Crippen molar-refractivity contribution < 1.29 is 14.4 Å². The first-order valence-corrected chi connectivity index (χ1v) is 7.76. The molecule has 24 heavy (non-hydrogen) atoms. The van der Waals surface area contributed by atoms with E-state index in [1.165, 1.54) is 4.90 Å². The maximum Gasteiger partial charge on any atom is 0.325 e. The summed E-state index contributed by atoms with van der Waals surface area (Å²) in [6.07, 6.45) is -0.542. The molecule has 1 aromatic carbocycles. The number of nitrogens with one attached hydrogen (secondary N) is 2. The number of carbonyl (C=O) groups excluding carboxylic acids is 3. The monoisotopic (exact) mass is 329 g/mol. The molecule has 126 valence electrons. The highest BCUT2D eigenvalue weighted by atomic mass is 16.2. The fourth-order valence-electron chi connectivity index (χ4n) is 2.91. The van der Waals surface area contributed by atoms with Crippen molar-refractivity contribution in [3.63, 3.8) is 0 Å². The number of hydrogen-bond donors (Lipinski definition) is 2. The molecule has 0 saturated carbocycles. The number of imide groups is 1. The van der Waals surface area contributed by atoms with Gasteiger partial charge in [0.15, 0.2) is 17.8 Å². The van der Waals surface area contributed by atoms with Gasteiger partial charge in [-0.2, -0.15) is 0 Å². The number of urea groups is 1. The van der Waals surface area contributed by atoms with Crippen LogP contribution < -0.4 is 10.6 Å². The Bertz CT molecular complexity index is 703. The third-order valence-corrected chi connectivity index (χ3v) is 4.14. The Morgan fingerprint density at radius 2 is 1.96 bits per heavy atom. The average molecular weight is 329 g/mol. The predicted octanol–water partition coefficient (Wildman–Crippen LogP) is 0.0267. The fraction of sp³-hybridized carbons (Fsp3) is 0.375. The Morgan fingerprint density at radius 3 is 2.62 bits per heavy atom. The lowest BCUT2D eigenvalue weighted by Gasteiger charge is -2.35. The van der Waals surface area contributed by atoms with Crippen LogP contribution in [0.4, 0.5) is 4.79 Å². The van der Waals surface area contributed by atoms with Crippen molar-refractivity contribution in [2.24, 2.45) is 4.99 Å². The maximum absolute atomic E-state index is 12.5. The molecule has 2 unspecified atom stereocenters. The van der Waals surface area contributed by atoms with Gasteiger partial charge in [0, 0.05) is 19.2 Å². The zero-order valence-electron chi connectivity index (χ0n) is 13.5. The average Bonchev–Trinajstić information content (AvgIpc) is 2.93. The number of rotatable bonds is 4. The lowest BCUT2D eigenvalue weighted by atomic mass is 10.1. The lowest BCUT2D eigenvalue weighted by Crippen LogP contribution is -2.65. The van der Waals surface area contributed by atoms with Gasteiger partial charge >= 0.3 is 6.03 Å². The third kappa shape index (κ3) is 2.70. The number of hydrogen-bond acceptors (Lipinski definition) is 4. The minimum absolute atomic E-state index is 0.00641. The van der Waals surface area contributed by atoms with Crippen LogP contribution in [0, 0.1) is 0 Å². The van der Waals surface area contributed by atoms with Gasteiger partial charge in [-0.05, 0) is 6.92 Å². The Balaban J connectivity index is 1.89. The van der Waals surface area contributed by atoms with Crippen molar-refractivity contribution in [1.29, 1.82) is 0 Å². The van der Waals surface area contributed by atoms with E-state index in [0.717, 1.165) is 0 Å². The molecule has 0 radical (unpaired) electrons. The summed E-state index contributed by atoms with van der Waals surface area (Å²) in [5.74, 6) is -0.0968. The quantitative estimate of drug-likeness (QED) is 0.760. The second-order valence-corrected chi connectivity index (χ2v) is 5.65. The molecule has 2 heterocycles. The van der Waals surface area contributed by atoms with Crippen molar-refractivity contribution >= 4 is 23.7 Å². The number of Topliss-reactive ketones (excluding diaryl/α,β-unsaturated/α-hetero) is 1. The first-order chi connectivity index (χ1) is 11.5. The summed E-state index contributed by atoms with van der Waals surface area (Å²) in [6.45, 7) is 2.37. The van der Waals surface area contributed by atoms with Crippen molar-refractivity contribution in [2.45, 2.75) is 19.1 Å². The molecule has 0 spiro atoms. The maximum atomic E-state index is 12.5. The van der Waals surface area contributed by atoms with Crippen LogP contribution in [0.1, 0.15) is 17.3 Å². The van der Waals surface area contributed by atoms with Crippen LogP contribution in [0.25, 0.3) is 0 Å². The molecular formula is C16H19N5O3. The highest BCUT2D eigenvalue weighted by Crippen LogP contribution is 2.21. The lowest BCUT2D eigenvalue weighted by molar-refractivity contribution is -0.126. The molecule has 2 aliphatic heterocycles. The second kappa shape index (κ2) is 6.31. The molecule has 2 saturated heterocycles. The number of likely N-dealkylation sites (N-methyl/N-ethyl adjacent to an activating group) is 1. The molecule has 2 fully saturated rings. The molecule has 2 aliphatic rings. The number of nitrogens with zero attached hydrogens (tertiary/aromatic N) is 3. The highest BCUT2D eigenvalue weighted by Gasteiger charge is 2.50. The predicted molar refractivity (Wildman–Crippen MR) is 87.5 cm³/mol. The Hall–Kier alpha value is -2.90. The second-order valence-electron chi connectivity index (χ2n) is 5.65. The van der Waals surface area contributed by atoms with Gasteiger partial charge in [0.1, 0.15) is 6.17 Å². The van der Waals surface area contributed by atoms with Gasteiger partial charge < -0.3 is 15.1 Å². The van der Waals surface area contributed by atoms with Crippen LogP contribution in [0.5, 0.6) is 0 Å². The molecule has 8 nitrogen and oxygen atoms in total. The van der Waals surface area contributed by atoms with Crippen LogP contribution >= 0.6 is 0 Å². The molecule has 0 aromatic heterocycles. The van der Waals surface area contributed by atoms with Crippen molar-refractivity contribution in [3.05, 3.63) is 35.9 Å². The Kier molecular flexibility index (Phi) is 4.20. The summed E-state index contributed by atoms with van der Waals surface area (Å²) in [7, 11) is 1.60. The molecule has 1 aromatic rings. The van der Waals surface area contributed by atoms with Crippen LogP contribution in [-0.4, -0.2) is 65.8 Å². The third-order valence-electron chi connectivity index (χ3n) is 4.14. The van der Waals surface area contributed by atoms with Gasteiger partial charge in [-0.25, -0.2) is 4.79 Å². The number of carbonyl (C=O) groups is 3. The van der Waals surface area contributed by atoms with E-state index in [0.29, 0.717) is 18.1 Å². The van der Waals surface area contributed by atoms with E-state index >= 15 is 0 Å². The molecule has 8 heteroatoms. The molecule has 3 rings (SSSR count). The van der Waals surface area contributed by atoms with Crippen LogP contribution in [0.2, 0.25) is 0 Å². The minimum Gasteiger partial charge on any atom is -0.333 e. The molecule has 2 atom stereocenters. The Labute approximate surface area is 139 Å². The van der Waals surface area contributed by atoms with E-state index in [4.69, 9.17) is 0 Å². The van der Waals surface area contributed by atoms with Crippen molar-refractivity contribution in [3.8, 4) is 0 Å². The van der Waals surface area contributed by atoms with E-state index in [1.54, 1.807) is 36.2 Å². The molecule has 0 bridgehead atoms. The number of aliphatic imine (C=N–C) groups is 1. The number of amides is 3. The van der Waals surface area contributed by atoms with Gasteiger partial charge in [-0.15, -0.1) is 0 Å². The number of guanidine groups is 1. The van der Waals surface area contributed by atoms with Crippen molar-refractivity contribution in [2.75, 3.05) is 20.1 Å². The normalized spacial score (nSPS) is 24.7. The van der Waals surface area contributed by atoms with E-state index in [-0.39, 0.29) is 12.3 Å². The zero-order valence-corrected chi connectivity index (χ0v) is 13.5. The molecule has 3 amide bonds. The smallest absolute Gasteiger partial charge is 0.325 e. The largest absolute Gasteiger partial charge is 0.333 e. The van der Waals surface area contributed by atoms with Gasteiger partial charge in [0.25, 0.3) is 5.91 Å². The summed E-state index contributed by atoms with van der Waals surface area (Å²) in [6, 6.07) is 7.72. The molecule has 2 N–H and O–H groups in total. The summed E-state index contributed by atoms with van der Waals surface area (Å²) < 4.78 is 0. The van der Waals surface area contributed by atoms with Gasteiger partial charge in [-0.3, -0.25) is 19.9 Å². The topological polar surface area (TPSA) is 94.1 Å². The van der Waals surface area contributed by atoms with Crippen LogP contribution in [0.15, 0.2) is 35.3 Å². The van der Waals surface area contributed by atoms with E-state index in [2.05, 4.69) is 15.6 Å². The minimum atomic E-state index is -0.689. The summed E-state index contributed by atoms with van der Waals surface area (Å²) in [5, 5.41) is 5.39. The number of fused-ring (bicyclic) bond motifs is 1. The standard InChI is InChI=1S/C16H19N5O3/c1-3-17-15-18-13-12(14(23)19-16(24)20(13)2)21(15)9-11(22)10-7-5-4-6-8-10/h4-8,12-13H,3,9H2,1-2H3,(H,17,18)(H,19,23,24). The first-order valence-electron chi connectivity index (χ1n) is 7.76. The van der Waals surface area contributed by atoms with Gasteiger partial charge in [0.05, 0.1) is 6.54 Å². The summed E-state index contributed by atoms with van der Waals surface area (Å²) in [4.78, 5) is 44.0. The van der Waals surface area contributed by atoms with Crippen LogP contribution in [0.3, 0.4) is 0 Å². The number of ketones is 1. The van der Waals surface area contributed by atoms with E-state index in [9.17, 15) is 14.4 Å². The molecule has 0 aliphatic carbocycles. The first kappa shape index (κ1) is 16.0. The van der Waals surface area contributed by atoms with Gasteiger partial charge in [0.2, 0.25) is 0 Å². The summed E-state index contributed by atoms with van der Waals surface area (Å²) >= 11 is 0. The summed E-state index contributed by atoms with van der Waals surface area (Å²) in [5.41, 5.74) is 0.567. The van der Waals surface area contributed by atoms with Crippen molar-refractivity contribution in [1.82, 2.24) is 20.4 Å².